The van der Waals surface area contributed by atoms with Crippen molar-refractivity contribution in [3.8, 4) is 11.3 Å². The summed E-state index contributed by atoms with van der Waals surface area (Å²) >= 11 is 0. The van der Waals surface area contributed by atoms with Gasteiger partial charge in [-0.05, 0) is 29.2 Å². The van der Waals surface area contributed by atoms with Crippen molar-refractivity contribution in [1.82, 2.24) is 9.97 Å². The van der Waals surface area contributed by atoms with Crippen molar-refractivity contribution in [2.24, 2.45) is 5.92 Å². The topological polar surface area (TPSA) is 51.8 Å². The molecular formula is C18H19N3. The van der Waals surface area contributed by atoms with Crippen LogP contribution in [0.4, 0.5) is 5.95 Å². The Balaban J connectivity index is 2.16. The molecule has 0 aliphatic rings. The molecule has 0 saturated carbocycles. The van der Waals surface area contributed by atoms with Gasteiger partial charge in [0, 0.05) is 11.3 Å². The Morgan fingerprint density at radius 2 is 1.76 bits per heavy atom. The first-order chi connectivity index (χ1) is 10.1. The molecule has 3 heteroatoms. The molecule has 3 rings (SSSR count). The van der Waals surface area contributed by atoms with Gasteiger partial charge < -0.3 is 5.73 Å². The summed E-state index contributed by atoms with van der Waals surface area (Å²) in [5.41, 5.74) is 8.90. The van der Waals surface area contributed by atoms with Crippen molar-refractivity contribution in [1.29, 1.82) is 0 Å². The number of nitrogens with zero attached hydrogens (tertiary/aromatic N) is 2. The zero-order valence-electron chi connectivity index (χ0n) is 12.4. The second-order valence-electron chi connectivity index (χ2n) is 5.73. The molecule has 0 bridgehead atoms. The number of nitrogen functional groups attached to an aromatic ring is 1. The maximum Gasteiger partial charge on any atom is 0.220 e. The highest BCUT2D eigenvalue weighted by atomic mass is 15.0. The number of fused-ring (bicyclic) bond motifs is 1. The van der Waals surface area contributed by atoms with E-state index < -0.39 is 0 Å². The van der Waals surface area contributed by atoms with Crippen LogP contribution in [0.5, 0.6) is 0 Å². The lowest BCUT2D eigenvalue weighted by molar-refractivity contribution is 0.635. The third-order valence-corrected chi connectivity index (χ3v) is 3.48. The molecule has 106 valence electrons. The number of rotatable bonds is 3. The predicted molar refractivity (Wildman–Crippen MR) is 87.9 cm³/mol. The lowest BCUT2D eigenvalue weighted by atomic mass is 10.0. The molecule has 0 aliphatic carbocycles. The van der Waals surface area contributed by atoms with Gasteiger partial charge in [0.2, 0.25) is 5.95 Å². The Kier molecular flexibility index (Phi) is 3.57. The average Bonchev–Trinajstić information content (AvgIpc) is 2.45. The van der Waals surface area contributed by atoms with Crippen LogP contribution in [0.25, 0.3) is 22.0 Å². The molecule has 3 aromatic rings. The first kappa shape index (κ1) is 13.6. The summed E-state index contributed by atoms with van der Waals surface area (Å²) in [5.74, 6) is 0.885. The average molecular weight is 277 g/mol. The standard InChI is InChI=1S/C18H19N3/c1-12(2)10-14-11-17(21-18(19)20-14)16-9-5-7-13-6-3-4-8-15(13)16/h3-9,11-12H,10H2,1-2H3,(H2,19,20,21). The highest BCUT2D eigenvalue weighted by Crippen LogP contribution is 2.28. The molecule has 0 atom stereocenters. The quantitative estimate of drug-likeness (QED) is 0.785. The van der Waals surface area contributed by atoms with Crippen LogP contribution >= 0.6 is 0 Å². The number of hydrogen-bond acceptors (Lipinski definition) is 3. The van der Waals surface area contributed by atoms with Crippen molar-refractivity contribution in [2.75, 3.05) is 5.73 Å². The Hall–Kier alpha value is -2.42. The monoisotopic (exact) mass is 277 g/mol. The fourth-order valence-corrected chi connectivity index (χ4v) is 2.63. The van der Waals surface area contributed by atoms with E-state index in [-0.39, 0.29) is 0 Å². The van der Waals surface area contributed by atoms with Crippen molar-refractivity contribution >= 4 is 16.7 Å². The van der Waals surface area contributed by atoms with Crippen LogP contribution in [0.15, 0.2) is 48.5 Å². The molecular weight excluding hydrogens is 258 g/mol. The molecule has 0 spiro atoms. The van der Waals surface area contributed by atoms with Crippen molar-refractivity contribution in [3.63, 3.8) is 0 Å². The van der Waals surface area contributed by atoms with Crippen LogP contribution in [-0.2, 0) is 6.42 Å². The third-order valence-electron chi connectivity index (χ3n) is 3.48. The van der Waals surface area contributed by atoms with Gasteiger partial charge in [-0.1, -0.05) is 56.3 Å². The molecule has 0 unspecified atom stereocenters. The summed E-state index contributed by atoms with van der Waals surface area (Å²) in [6.45, 7) is 4.35. The molecule has 0 aliphatic heterocycles. The minimum Gasteiger partial charge on any atom is -0.368 e. The smallest absolute Gasteiger partial charge is 0.220 e. The van der Waals surface area contributed by atoms with Crippen LogP contribution in [0.1, 0.15) is 19.5 Å². The molecule has 21 heavy (non-hydrogen) atoms. The third kappa shape index (κ3) is 2.87. The van der Waals surface area contributed by atoms with E-state index in [4.69, 9.17) is 5.73 Å². The van der Waals surface area contributed by atoms with Crippen LogP contribution < -0.4 is 5.73 Å². The highest BCUT2D eigenvalue weighted by Gasteiger charge is 2.09. The van der Waals surface area contributed by atoms with Gasteiger partial charge in [0.05, 0.1) is 5.69 Å². The largest absolute Gasteiger partial charge is 0.368 e. The summed E-state index contributed by atoms with van der Waals surface area (Å²) in [5, 5.41) is 2.39. The van der Waals surface area contributed by atoms with Gasteiger partial charge in [-0.3, -0.25) is 0 Å². The molecule has 0 amide bonds. The zero-order valence-corrected chi connectivity index (χ0v) is 12.4. The van der Waals surface area contributed by atoms with Crippen LogP contribution in [0.3, 0.4) is 0 Å². The molecule has 0 saturated heterocycles. The Labute approximate surface area is 124 Å². The van der Waals surface area contributed by atoms with Crippen LogP contribution in [0.2, 0.25) is 0 Å². The minimum atomic E-state index is 0.344. The van der Waals surface area contributed by atoms with Crippen molar-refractivity contribution in [3.05, 3.63) is 54.2 Å². The SMILES string of the molecule is CC(C)Cc1cc(-c2cccc3ccccc23)nc(N)n1. The fourth-order valence-electron chi connectivity index (χ4n) is 2.63. The van der Waals surface area contributed by atoms with Gasteiger partial charge in [-0.15, -0.1) is 0 Å². The van der Waals surface area contributed by atoms with E-state index in [1.54, 1.807) is 0 Å². The molecule has 2 N–H and O–H groups in total. The first-order valence-electron chi connectivity index (χ1n) is 7.25. The summed E-state index contributed by atoms with van der Waals surface area (Å²) in [6, 6.07) is 16.6. The number of benzene rings is 2. The fraction of sp³-hybridized carbons (Fsp3) is 0.222. The van der Waals surface area contributed by atoms with Gasteiger partial charge in [0.25, 0.3) is 0 Å². The van der Waals surface area contributed by atoms with E-state index in [0.717, 1.165) is 23.4 Å². The summed E-state index contributed by atoms with van der Waals surface area (Å²) in [6.07, 6.45) is 0.907. The molecule has 2 aromatic carbocycles. The predicted octanol–water partition coefficient (Wildman–Crippen LogP) is 4.08. The number of aromatic nitrogens is 2. The molecule has 3 nitrogen and oxygen atoms in total. The second kappa shape index (κ2) is 5.52. The zero-order chi connectivity index (χ0) is 14.8. The van der Waals surface area contributed by atoms with E-state index in [1.165, 1.54) is 10.8 Å². The van der Waals surface area contributed by atoms with Gasteiger partial charge in [-0.2, -0.15) is 0 Å². The lowest BCUT2D eigenvalue weighted by Crippen LogP contribution is -2.04. The van der Waals surface area contributed by atoms with E-state index in [0.29, 0.717) is 11.9 Å². The maximum absolute atomic E-state index is 5.89. The molecule has 1 heterocycles. The normalized spacial score (nSPS) is 11.2. The Morgan fingerprint density at radius 3 is 2.57 bits per heavy atom. The van der Waals surface area contributed by atoms with Crippen LogP contribution in [-0.4, -0.2) is 9.97 Å². The van der Waals surface area contributed by atoms with Crippen molar-refractivity contribution < 1.29 is 0 Å². The second-order valence-corrected chi connectivity index (χ2v) is 5.73. The minimum absolute atomic E-state index is 0.344. The molecule has 1 aromatic heterocycles. The van der Waals surface area contributed by atoms with Gasteiger partial charge in [0.15, 0.2) is 0 Å². The lowest BCUT2D eigenvalue weighted by Gasteiger charge is -2.10. The van der Waals surface area contributed by atoms with Crippen LogP contribution in [0, 0.1) is 5.92 Å². The van der Waals surface area contributed by atoms with E-state index in [9.17, 15) is 0 Å². The Morgan fingerprint density at radius 1 is 1.00 bits per heavy atom. The molecule has 0 radical (unpaired) electrons. The van der Waals surface area contributed by atoms with Crippen molar-refractivity contribution in [2.45, 2.75) is 20.3 Å². The van der Waals surface area contributed by atoms with E-state index >= 15 is 0 Å². The summed E-state index contributed by atoms with van der Waals surface area (Å²) in [7, 11) is 0. The number of anilines is 1. The number of hydrogen-bond donors (Lipinski definition) is 1. The first-order valence-corrected chi connectivity index (χ1v) is 7.25. The Bertz CT molecular complexity index is 773. The van der Waals surface area contributed by atoms with Gasteiger partial charge in [-0.25, -0.2) is 9.97 Å². The summed E-state index contributed by atoms with van der Waals surface area (Å²) in [4.78, 5) is 8.77. The van der Waals surface area contributed by atoms with Gasteiger partial charge in [0.1, 0.15) is 0 Å². The molecule has 0 fully saturated rings. The number of nitrogens with two attached hydrogens (primary N) is 1. The van der Waals surface area contributed by atoms with E-state index in [2.05, 4.69) is 60.2 Å². The highest BCUT2D eigenvalue weighted by molar-refractivity contribution is 5.95. The van der Waals surface area contributed by atoms with Gasteiger partial charge >= 0.3 is 0 Å². The van der Waals surface area contributed by atoms with E-state index in [1.807, 2.05) is 12.1 Å². The summed E-state index contributed by atoms with van der Waals surface area (Å²) < 4.78 is 0. The maximum atomic E-state index is 5.89.